The highest BCUT2D eigenvalue weighted by Gasteiger charge is 2.22. The third kappa shape index (κ3) is 3.27. The topological polar surface area (TPSA) is 82.6 Å². The van der Waals surface area contributed by atoms with Crippen molar-refractivity contribution in [2.45, 2.75) is 38.5 Å². The molecule has 3 aromatic heterocycles. The van der Waals surface area contributed by atoms with Crippen LogP contribution in [-0.4, -0.2) is 56.2 Å². The summed E-state index contributed by atoms with van der Waals surface area (Å²) in [7, 11) is 0. The molecule has 1 fully saturated rings. The van der Waals surface area contributed by atoms with E-state index in [1.54, 1.807) is 0 Å². The first-order valence-corrected chi connectivity index (χ1v) is 10.0. The number of aromatic amines is 1. The lowest BCUT2D eigenvalue weighted by atomic mass is 9.89. The third-order valence-corrected chi connectivity index (χ3v) is 5.71. The number of rotatable bonds is 5. The number of hydrogen-bond donors (Lipinski definition) is 2. The highest BCUT2D eigenvalue weighted by atomic mass is 15.1. The second kappa shape index (κ2) is 7.23. The van der Waals surface area contributed by atoms with Crippen molar-refractivity contribution in [2.75, 3.05) is 31.5 Å². The summed E-state index contributed by atoms with van der Waals surface area (Å²) in [5.41, 5.74) is 5.49. The molecule has 1 saturated heterocycles. The minimum atomic E-state index is 0.744. The van der Waals surface area contributed by atoms with Crippen molar-refractivity contribution in [1.82, 2.24) is 30.0 Å². The largest absolute Gasteiger partial charge is 0.354 e. The Bertz CT molecular complexity index is 943. The monoisotopic (exact) mass is 363 g/mol. The first-order valence-electron chi connectivity index (χ1n) is 10.0. The molecule has 7 nitrogen and oxygen atoms in total. The van der Waals surface area contributed by atoms with Crippen LogP contribution in [0.2, 0.25) is 0 Å². The van der Waals surface area contributed by atoms with Gasteiger partial charge in [0, 0.05) is 35.5 Å². The summed E-state index contributed by atoms with van der Waals surface area (Å²) in [6.45, 7) is 4.59. The number of aryl methyl sites for hydroxylation is 2. The third-order valence-electron chi connectivity index (χ3n) is 5.71. The van der Waals surface area contributed by atoms with Crippen molar-refractivity contribution in [2.24, 2.45) is 0 Å². The Morgan fingerprint density at radius 1 is 1.04 bits per heavy atom. The number of pyridine rings is 1. The number of H-pyrrole nitrogens is 1. The van der Waals surface area contributed by atoms with Gasteiger partial charge in [0.25, 0.3) is 0 Å². The lowest BCUT2D eigenvalue weighted by Crippen LogP contribution is -2.31. The molecule has 27 heavy (non-hydrogen) atoms. The number of aromatic nitrogens is 5. The van der Waals surface area contributed by atoms with Crippen LogP contribution in [0.15, 0.2) is 18.6 Å². The van der Waals surface area contributed by atoms with Crippen molar-refractivity contribution in [3.8, 4) is 11.1 Å². The number of anilines is 1. The fourth-order valence-corrected chi connectivity index (χ4v) is 4.29. The van der Waals surface area contributed by atoms with Gasteiger partial charge >= 0.3 is 0 Å². The molecule has 0 atom stereocenters. The molecule has 4 heterocycles. The van der Waals surface area contributed by atoms with E-state index in [0.29, 0.717) is 0 Å². The Kier molecular flexibility index (Phi) is 4.45. The van der Waals surface area contributed by atoms with E-state index in [-0.39, 0.29) is 0 Å². The molecule has 0 aromatic carbocycles. The summed E-state index contributed by atoms with van der Waals surface area (Å²) < 4.78 is 0. The van der Waals surface area contributed by atoms with Crippen LogP contribution in [0.5, 0.6) is 0 Å². The molecule has 2 aliphatic rings. The summed E-state index contributed by atoms with van der Waals surface area (Å²) in [6, 6.07) is 0. The highest BCUT2D eigenvalue weighted by molar-refractivity contribution is 5.95. The molecule has 140 valence electrons. The van der Waals surface area contributed by atoms with Crippen LogP contribution in [0.1, 0.15) is 36.9 Å². The van der Waals surface area contributed by atoms with Gasteiger partial charge in [-0.25, -0.2) is 15.0 Å². The average molecular weight is 363 g/mol. The van der Waals surface area contributed by atoms with Gasteiger partial charge in [0.2, 0.25) is 5.95 Å². The number of likely N-dealkylation sites (tertiary alicyclic amines) is 1. The van der Waals surface area contributed by atoms with Crippen LogP contribution in [0, 0.1) is 0 Å². The molecule has 2 N–H and O–H groups in total. The fourth-order valence-electron chi connectivity index (χ4n) is 4.29. The Labute approximate surface area is 158 Å². The van der Waals surface area contributed by atoms with Crippen LogP contribution < -0.4 is 5.32 Å². The van der Waals surface area contributed by atoms with Gasteiger partial charge in [-0.05, 0) is 57.3 Å². The van der Waals surface area contributed by atoms with E-state index in [1.807, 2.05) is 18.6 Å². The Hall–Kier alpha value is -2.54. The van der Waals surface area contributed by atoms with Gasteiger partial charge in [-0.2, -0.15) is 5.10 Å². The average Bonchev–Trinajstić information content (AvgIpc) is 3.20. The van der Waals surface area contributed by atoms with Crippen molar-refractivity contribution < 1.29 is 0 Å². The maximum absolute atomic E-state index is 4.80. The number of piperidine rings is 1. The SMILES string of the molecule is c1nc2[nH]ncc2c2c1CCc1nc(NCCCN3CCCCC3)ncc1-2. The number of fused-ring (bicyclic) bond motifs is 5. The maximum atomic E-state index is 4.80. The zero-order chi connectivity index (χ0) is 18.1. The predicted octanol–water partition coefficient (Wildman–Crippen LogP) is 2.80. The Morgan fingerprint density at radius 2 is 1.96 bits per heavy atom. The zero-order valence-corrected chi connectivity index (χ0v) is 15.5. The van der Waals surface area contributed by atoms with Crippen LogP contribution in [0.25, 0.3) is 22.2 Å². The van der Waals surface area contributed by atoms with Crippen molar-refractivity contribution in [3.05, 3.63) is 29.8 Å². The molecule has 0 radical (unpaired) electrons. The summed E-state index contributed by atoms with van der Waals surface area (Å²) in [6.07, 6.45) is 12.9. The molecular formula is C20H25N7. The van der Waals surface area contributed by atoms with E-state index in [9.17, 15) is 0 Å². The lowest BCUT2D eigenvalue weighted by Gasteiger charge is -2.26. The summed E-state index contributed by atoms with van der Waals surface area (Å²) in [5, 5.41) is 11.6. The molecule has 0 spiro atoms. The van der Waals surface area contributed by atoms with E-state index in [0.717, 1.165) is 60.6 Å². The molecule has 0 bridgehead atoms. The van der Waals surface area contributed by atoms with E-state index < -0.39 is 0 Å². The lowest BCUT2D eigenvalue weighted by molar-refractivity contribution is 0.228. The molecule has 0 amide bonds. The number of nitrogens with one attached hydrogen (secondary N) is 2. The van der Waals surface area contributed by atoms with E-state index >= 15 is 0 Å². The Balaban J connectivity index is 1.29. The summed E-state index contributed by atoms with van der Waals surface area (Å²) in [4.78, 5) is 16.4. The zero-order valence-electron chi connectivity index (χ0n) is 15.5. The smallest absolute Gasteiger partial charge is 0.222 e. The quantitative estimate of drug-likeness (QED) is 0.678. The molecule has 3 aromatic rings. The second-order valence-electron chi connectivity index (χ2n) is 7.53. The molecule has 5 rings (SSSR count). The van der Waals surface area contributed by atoms with Gasteiger partial charge < -0.3 is 10.2 Å². The number of nitrogens with zero attached hydrogens (tertiary/aromatic N) is 5. The van der Waals surface area contributed by atoms with Gasteiger partial charge in [-0.3, -0.25) is 5.10 Å². The maximum Gasteiger partial charge on any atom is 0.222 e. The molecule has 7 heteroatoms. The van der Waals surface area contributed by atoms with Gasteiger partial charge in [-0.1, -0.05) is 6.42 Å². The van der Waals surface area contributed by atoms with Gasteiger partial charge in [-0.15, -0.1) is 0 Å². The minimum Gasteiger partial charge on any atom is -0.354 e. The highest BCUT2D eigenvalue weighted by Crippen LogP contribution is 2.36. The van der Waals surface area contributed by atoms with Crippen molar-refractivity contribution in [1.29, 1.82) is 0 Å². The number of hydrogen-bond acceptors (Lipinski definition) is 6. The molecule has 1 aliphatic heterocycles. The predicted molar refractivity (Wildman–Crippen MR) is 106 cm³/mol. The van der Waals surface area contributed by atoms with Crippen LogP contribution >= 0.6 is 0 Å². The van der Waals surface area contributed by atoms with Crippen LogP contribution in [-0.2, 0) is 12.8 Å². The molecule has 0 unspecified atom stereocenters. The van der Waals surface area contributed by atoms with Gasteiger partial charge in [0.1, 0.15) is 0 Å². The summed E-state index contributed by atoms with van der Waals surface area (Å²) >= 11 is 0. The van der Waals surface area contributed by atoms with E-state index in [2.05, 4.69) is 30.4 Å². The van der Waals surface area contributed by atoms with Gasteiger partial charge in [0.15, 0.2) is 5.65 Å². The summed E-state index contributed by atoms with van der Waals surface area (Å²) in [5.74, 6) is 0.744. The molecule has 1 aliphatic carbocycles. The Morgan fingerprint density at radius 3 is 2.89 bits per heavy atom. The van der Waals surface area contributed by atoms with Crippen LogP contribution in [0.4, 0.5) is 5.95 Å². The molecule has 0 saturated carbocycles. The van der Waals surface area contributed by atoms with Crippen molar-refractivity contribution >= 4 is 17.0 Å². The normalized spacial score (nSPS) is 16.9. The first kappa shape index (κ1) is 16.6. The van der Waals surface area contributed by atoms with Crippen LogP contribution in [0.3, 0.4) is 0 Å². The first-order chi connectivity index (χ1) is 13.4. The van der Waals surface area contributed by atoms with Crippen molar-refractivity contribution in [3.63, 3.8) is 0 Å². The molecular weight excluding hydrogens is 338 g/mol. The van der Waals surface area contributed by atoms with E-state index in [1.165, 1.54) is 43.5 Å². The standard InChI is InChI=1S/C20H25N7/c1-2-8-27(9-3-1)10-4-7-21-20-23-12-15-17(25-20)6-5-14-11-22-19-16(18(14)15)13-24-26-19/h11-13H,1-10H2,(H,21,23,25)(H,22,24,26). The second-order valence-corrected chi connectivity index (χ2v) is 7.53. The van der Waals surface area contributed by atoms with Gasteiger partial charge in [0.05, 0.1) is 11.9 Å². The fraction of sp³-hybridized carbons (Fsp3) is 0.500. The minimum absolute atomic E-state index is 0.744. The van der Waals surface area contributed by atoms with E-state index in [4.69, 9.17) is 4.98 Å².